The van der Waals surface area contributed by atoms with Gasteiger partial charge in [0.25, 0.3) is 0 Å². The van der Waals surface area contributed by atoms with Crippen LogP contribution in [0.4, 0.5) is 0 Å². The van der Waals surface area contributed by atoms with Crippen molar-refractivity contribution in [2.24, 2.45) is 0 Å². The largest absolute Gasteiger partial charge is 0.396 e. The van der Waals surface area contributed by atoms with E-state index in [1.165, 1.54) is 0 Å². The zero-order valence-electron chi connectivity index (χ0n) is 5.71. The minimum Gasteiger partial charge on any atom is -0.396 e. The predicted octanol–water partition coefficient (Wildman–Crippen LogP) is 0.114. The normalized spacial score (nSPS) is 13.7. The minimum atomic E-state index is -0.782. The van der Waals surface area contributed by atoms with E-state index in [1.807, 2.05) is 6.92 Å². The monoisotopic (exact) mass is 134 g/mol. The van der Waals surface area contributed by atoms with Crippen LogP contribution in [0.15, 0.2) is 0 Å². The second-order valence-electron chi connectivity index (χ2n) is 1.84. The molecule has 1 unspecified atom stereocenters. The molecule has 0 saturated heterocycles. The second-order valence-corrected chi connectivity index (χ2v) is 1.84. The Hall–Kier alpha value is -0.120. The molecule has 0 aliphatic rings. The van der Waals surface area contributed by atoms with Gasteiger partial charge in [-0.15, -0.1) is 0 Å². The first-order valence-corrected chi connectivity index (χ1v) is 3.21. The molecule has 0 saturated carbocycles. The first-order chi connectivity index (χ1) is 4.31. The maximum atomic E-state index is 8.80. The topological polar surface area (TPSA) is 49.7 Å². The van der Waals surface area contributed by atoms with Crippen molar-refractivity contribution in [3.63, 3.8) is 0 Å². The lowest BCUT2D eigenvalue weighted by Crippen LogP contribution is -2.13. The quantitative estimate of drug-likeness (QED) is 0.525. The molecule has 0 aromatic rings. The summed E-state index contributed by atoms with van der Waals surface area (Å²) in [6, 6.07) is 0. The van der Waals surface area contributed by atoms with Crippen molar-refractivity contribution in [1.29, 1.82) is 0 Å². The molecule has 0 aliphatic carbocycles. The molecular weight excluding hydrogens is 120 g/mol. The fourth-order valence-electron chi connectivity index (χ4n) is 0.448. The van der Waals surface area contributed by atoms with E-state index >= 15 is 0 Å². The highest BCUT2D eigenvalue weighted by molar-refractivity contribution is 4.38. The molecule has 0 amide bonds. The number of ether oxygens (including phenoxy) is 1. The van der Waals surface area contributed by atoms with E-state index in [1.54, 1.807) is 0 Å². The van der Waals surface area contributed by atoms with Crippen molar-refractivity contribution in [3.05, 3.63) is 0 Å². The van der Waals surface area contributed by atoms with Crippen LogP contribution in [0.25, 0.3) is 0 Å². The molecule has 3 heteroatoms. The summed E-state index contributed by atoms with van der Waals surface area (Å²) in [5, 5.41) is 17.1. The lowest BCUT2D eigenvalue weighted by molar-refractivity contribution is -0.108. The molecule has 0 spiro atoms. The van der Waals surface area contributed by atoms with E-state index in [2.05, 4.69) is 0 Å². The summed E-state index contributed by atoms with van der Waals surface area (Å²) in [6.07, 6.45) is 0.414. The molecule has 3 nitrogen and oxygen atoms in total. The Bertz CT molecular complexity index is 56.3. The Morgan fingerprint density at radius 2 is 2.22 bits per heavy atom. The summed E-state index contributed by atoms with van der Waals surface area (Å²) in [5.74, 6) is 0. The van der Waals surface area contributed by atoms with Crippen LogP contribution in [0.1, 0.15) is 19.8 Å². The molecule has 56 valence electrons. The van der Waals surface area contributed by atoms with Gasteiger partial charge in [0.05, 0.1) is 0 Å². The summed E-state index contributed by atoms with van der Waals surface area (Å²) in [7, 11) is 0. The number of aliphatic hydroxyl groups is 2. The van der Waals surface area contributed by atoms with Crippen molar-refractivity contribution in [2.45, 2.75) is 26.1 Å². The maximum absolute atomic E-state index is 8.80. The highest BCUT2D eigenvalue weighted by Crippen LogP contribution is 1.92. The van der Waals surface area contributed by atoms with Crippen LogP contribution < -0.4 is 0 Å². The summed E-state index contributed by atoms with van der Waals surface area (Å²) < 4.78 is 4.83. The van der Waals surface area contributed by atoms with E-state index in [4.69, 9.17) is 14.9 Å². The van der Waals surface area contributed by atoms with Crippen molar-refractivity contribution in [1.82, 2.24) is 0 Å². The van der Waals surface area contributed by atoms with Gasteiger partial charge >= 0.3 is 0 Å². The zero-order valence-corrected chi connectivity index (χ0v) is 5.71. The van der Waals surface area contributed by atoms with Crippen molar-refractivity contribution < 1.29 is 14.9 Å². The lowest BCUT2D eigenvalue weighted by Gasteiger charge is -2.08. The molecule has 0 aliphatic heterocycles. The van der Waals surface area contributed by atoms with E-state index < -0.39 is 6.29 Å². The molecule has 0 aromatic heterocycles. The minimum absolute atomic E-state index is 0.0229. The van der Waals surface area contributed by atoms with Gasteiger partial charge in [0, 0.05) is 19.6 Å². The van der Waals surface area contributed by atoms with Gasteiger partial charge in [-0.25, -0.2) is 0 Å². The molecular formula is C6H14O3. The highest BCUT2D eigenvalue weighted by atomic mass is 16.6. The van der Waals surface area contributed by atoms with Gasteiger partial charge in [-0.2, -0.15) is 0 Å². The van der Waals surface area contributed by atoms with E-state index in [0.717, 1.165) is 6.42 Å². The van der Waals surface area contributed by atoms with Crippen LogP contribution >= 0.6 is 0 Å². The molecule has 2 N–H and O–H groups in total. The average Bonchev–Trinajstić information content (AvgIpc) is 1.85. The van der Waals surface area contributed by atoms with Gasteiger partial charge < -0.3 is 14.9 Å². The lowest BCUT2D eigenvalue weighted by atomic mass is 10.4. The fourth-order valence-corrected chi connectivity index (χ4v) is 0.448. The maximum Gasteiger partial charge on any atom is 0.156 e. The van der Waals surface area contributed by atoms with Gasteiger partial charge in [0.2, 0.25) is 0 Å². The first kappa shape index (κ1) is 8.88. The number of rotatable bonds is 5. The molecule has 0 radical (unpaired) electrons. The van der Waals surface area contributed by atoms with Crippen LogP contribution in [0.3, 0.4) is 0 Å². The van der Waals surface area contributed by atoms with Crippen LogP contribution in [0.2, 0.25) is 0 Å². The van der Waals surface area contributed by atoms with Gasteiger partial charge in [-0.05, 0) is 6.42 Å². The third-order valence-electron chi connectivity index (χ3n) is 0.890. The van der Waals surface area contributed by atoms with Crippen LogP contribution in [0, 0.1) is 0 Å². The average molecular weight is 134 g/mol. The van der Waals surface area contributed by atoms with Crippen LogP contribution in [-0.4, -0.2) is 29.7 Å². The van der Waals surface area contributed by atoms with Crippen molar-refractivity contribution in [2.75, 3.05) is 13.2 Å². The third kappa shape index (κ3) is 5.76. The summed E-state index contributed by atoms with van der Waals surface area (Å²) in [5.41, 5.74) is 0. The molecule has 9 heavy (non-hydrogen) atoms. The summed E-state index contributed by atoms with van der Waals surface area (Å²) >= 11 is 0. The standard InChI is InChI=1S/C6H14O3/c1-2-5-9-6(8)3-4-7/h6-8H,2-5H2,1H3. The Morgan fingerprint density at radius 1 is 1.56 bits per heavy atom. The molecule has 0 rings (SSSR count). The number of hydrogen-bond acceptors (Lipinski definition) is 3. The second kappa shape index (κ2) is 6.01. The van der Waals surface area contributed by atoms with Gasteiger partial charge in [-0.3, -0.25) is 0 Å². The third-order valence-corrected chi connectivity index (χ3v) is 0.890. The van der Waals surface area contributed by atoms with Gasteiger partial charge in [0.1, 0.15) is 0 Å². The van der Waals surface area contributed by atoms with E-state index in [0.29, 0.717) is 13.0 Å². The Balaban J connectivity index is 2.95. The Morgan fingerprint density at radius 3 is 2.67 bits per heavy atom. The van der Waals surface area contributed by atoms with Crippen molar-refractivity contribution in [3.8, 4) is 0 Å². The summed E-state index contributed by atoms with van der Waals surface area (Å²) in [6.45, 7) is 2.50. The Kier molecular flexibility index (Phi) is 5.93. The summed E-state index contributed by atoms with van der Waals surface area (Å²) in [4.78, 5) is 0. The van der Waals surface area contributed by atoms with Crippen LogP contribution in [0.5, 0.6) is 0 Å². The van der Waals surface area contributed by atoms with Crippen LogP contribution in [-0.2, 0) is 4.74 Å². The smallest absolute Gasteiger partial charge is 0.156 e. The first-order valence-electron chi connectivity index (χ1n) is 3.21. The highest BCUT2D eigenvalue weighted by Gasteiger charge is 1.99. The predicted molar refractivity (Wildman–Crippen MR) is 34.0 cm³/mol. The van der Waals surface area contributed by atoms with Crippen molar-refractivity contribution >= 4 is 0 Å². The fraction of sp³-hybridized carbons (Fsp3) is 1.00. The molecule has 1 atom stereocenters. The number of hydrogen-bond donors (Lipinski definition) is 2. The number of aliphatic hydroxyl groups excluding tert-OH is 2. The van der Waals surface area contributed by atoms with Gasteiger partial charge in [0.15, 0.2) is 6.29 Å². The molecule has 0 heterocycles. The SMILES string of the molecule is CCCOC(O)CCO. The van der Waals surface area contributed by atoms with E-state index in [9.17, 15) is 0 Å². The Labute approximate surface area is 55.3 Å². The van der Waals surface area contributed by atoms with Gasteiger partial charge in [-0.1, -0.05) is 6.92 Å². The molecule has 0 fully saturated rings. The zero-order chi connectivity index (χ0) is 7.11. The molecule has 0 bridgehead atoms. The van der Waals surface area contributed by atoms with E-state index in [-0.39, 0.29) is 6.61 Å². The molecule has 0 aromatic carbocycles.